The molecule has 0 saturated carbocycles. The minimum Gasteiger partial charge on any atom is -0.497 e. The average molecular weight is 330 g/mol. The van der Waals surface area contributed by atoms with E-state index in [1.54, 1.807) is 18.4 Å². The topological polar surface area (TPSA) is 22.1 Å². The minimum atomic E-state index is 0.749. The number of hydrogen-bond donors (Lipinski definition) is 0. The molecule has 0 bridgehead atoms. The summed E-state index contributed by atoms with van der Waals surface area (Å²) in [5.41, 5.74) is 3.42. The molecule has 0 aliphatic rings. The molecule has 2 nitrogen and oxygen atoms in total. The predicted octanol–water partition coefficient (Wildman–Crippen LogP) is 5.26. The fourth-order valence-corrected chi connectivity index (χ4v) is 3.16. The second kappa shape index (κ2) is 6.95. The lowest BCUT2D eigenvalue weighted by molar-refractivity contribution is 0.414. The molecule has 0 N–H and O–H groups in total. The lowest BCUT2D eigenvalue weighted by Crippen LogP contribution is -1.91. The number of nitrogens with zero attached hydrogens (tertiary/aromatic N) is 1. The van der Waals surface area contributed by atoms with Gasteiger partial charge in [-0.1, -0.05) is 35.9 Å². The molecule has 2 aromatic carbocycles. The van der Waals surface area contributed by atoms with Crippen molar-refractivity contribution in [2.75, 3.05) is 7.11 Å². The van der Waals surface area contributed by atoms with Crippen molar-refractivity contribution in [3.63, 3.8) is 0 Å². The van der Waals surface area contributed by atoms with Gasteiger partial charge in [0.2, 0.25) is 0 Å². The lowest BCUT2D eigenvalue weighted by Gasteiger charge is -2.02. The van der Waals surface area contributed by atoms with Gasteiger partial charge in [0.25, 0.3) is 0 Å². The monoisotopic (exact) mass is 329 g/mol. The van der Waals surface area contributed by atoms with E-state index in [0.717, 1.165) is 39.9 Å². The maximum absolute atomic E-state index is 5.92. The van der Waals surface area contributed by atoms with Crippen LogP contribution in [0.5, 0.6) is 5.75 Å². The van der Waals surface area contributed by atoms with Gasteiger partial charge in [0.1, 0.15) is 5.75 Å². The van der Waals surface area contributed by atoms with E-state index in [1.807, 2.05) is 36.4 Å². The average Bonchev–Trinajstić information content (AvgIpc) is 3.03. The number of methoxy groups -OCH3 is 1. The van der Waals surface area contributed by atoms with Crippen LogP contribution in [0.15, 0.2) is 53.9 Å². The number of halogens is 1. The van der Waals surface area contributed by atoms with Crippen LogP contribution in [0, 0.1) is 0 Å². The Hall–Kier alpha value is -1.84. The number of thiazole rings is 1. The first-order valence-corrected chi connectivity index (χ1v) is 8.33. The molecular formula is C18H16ClNOS. The third kappa shape index (κ3) is 3.67. The van der Waals surface area contributed by atoms with E-state index in [-0.39, 0.29) is 0 Å². The molecule has 0 unspecified atom stereocenters. The quantitative estimate of drug-likeness (QED) is 0.637. The number of ether oxygens (including phenoxy) is 1. The second-order valence-corrected chi connectivity index (χ2v) is 6.36. The molecule has 0 aliphatic carbocycles. The van der Waals surface area contributed by atoms with Crippen LogP contribution >= 0.6 is 22.9 Å². The summed E-state index contributed by atoms with van der Waals surface area (Å²) in [6, 6.07) is 16.0. The van der Waals surface area contributed by atoms with Crippen LogP contribution in [0.4, 0.5) is 0 Å². The van der Waals surface area contributed by atoms with Gasteiger partial charge in [0.15, 0.2) is 0 Å². The molecule has 1 heterocycles. The van der Waals surface area contributed by atoms with Crippen LogP contribution in [-0.4, -0.2) is 12.1 Å². The standard InChI is InChI=1S/C18H16ClNOS/c1-21-16-9-2-13(3-10-16)4-11-18-20-17(12-22-18)14-5-7-15(19)8-6-14/h2-3,5-10,12H,4,11H2,1H3. The number of aromatic nitrogens is 1. The lowest BCUT2D eigenvalue weighted by atomic mass is 10.1. The Morgan fingerprint density at radius 2 is 1.73 bits per heavy atom. The first-order chi connectivity index (χ1) is 10.7. The van der Waals surface area contributed by atoms with Crippen molar-refractivity contribution in [3.05, 3.63) is 69.5 Å². The smallest absolute Gasteiger partial charge is 0.118 e. The molecular weight excluding hydrogens is 314 g/mol. The van der Waals surface area contributed by atoms with Crippen LogP contribution < -0.4 is 4.74 Å². The maximum atomic E-state index is 5.92. The number of aryl methyl sites for hydroxylation is 2. The Kier molecular flexibility index (Phi) is 4.76. The summed E-state index contributed by atoms with van der Waals surface area (Å²) in [4.78, 5) is 4.71. The molecule has 22 heavy (non-hydrogen) atoms. The molecule has 0 radical (unpaired) electrons. The molecule has 4 heteroatoms. The van der Waals surface area contributed by atoms with Crippen molar-refractivity contribution in [2.24, 2.45) is 0 Å². The molecule has 0 atom stereocenters. The summed E-state index contributed by atoms with van der Waals surface area (Å²) in [7, 11) is 1.68. The Labute approximate surface area is 139 Å². The molecule has 0 saturated heterocycles. The van der Waals surface area contributed by atoms with E-state index in [4.69, 9.17) is 21.3 Å². The van der Waals surface area contributed by atoms with Crippen LogP contribution in [0.1, 0.15) is 10.6 Å². The zero-order valence-corrected chi connectivity index (χ0v) is 13.8. The molecule has 0 amide bonds. The molecule has 3 rings (SSSR count). The largest absolute Gasteiger partial charge is 0.497 e. The Balaban J connectivity index is 1.65. The van der Waals surface area contributed by atoms with Crippen molar-refractivity contribution < 1.29 is 4.74 Å². The van der Waals surface area contributed by atoms with Crippen molar-refractivity contribution in [3.8, 4) is 17.0 Å². The van der Waals surface area contributed by atoms with Crippen LogP contribution in [0.2, 0.25) is 5.02 Å². The third-order valence-electron chi connectivity index (χ3n) is 3.48. The Morgan fingerprint density at radius 1 is 1.00 bits per heavy atom. The van der Waals surface area contributed by atoms with Gasteiger partial charge in [-0.15, -0.1) is 11.3 Å². The number of benzene rings is 2. The van der Waals surface area contributed by atoms with Crippen molar-refractivity contribution in [2.45, 2.75) is 12.8 Å². The number of rotatable bonds is 5. The van der Waals surface area contributed by atoms with Gasteiger partial charge in [-0.2, -0.15) is 0 Å². The van der Waals surface area contributed by atoms with E-state index < -0.39 is 0 Å². The Bertz CT molecular complexity index is 735. The highest BCUT2D eigenvalue weighted by Crippen LogP contribution is 2.24. The fourth-order valence-electron chi connectivity index (χ4n) is 2.22. The molecule has 0 fully saturated rings. The van der Waals surface area contributed by atoms with E-state index in [0.29, 0.717) is 0 Å². The van der Waals surface area contributed by atoms with Crippen molar-refractivity contribution in [1.29, 1.82) is 0 Å². The van der Waals surface area contributed by atoms with Crippen molar-refractivity contribution in [1.82, 2.24) is 4.98 Å². The Morgan fingerprint density at radius 3 is 2.41 bits per heavy atom. The maximum Gasteiger partial charge on any atom is 0.118 e. The normalized spacial score (nSPS) is 10.6. The van der Waals surface area contributed by atoms with E-state index in [2.05, 4.69) is 17.5 Å². The van der Waals surface area contributed by atoms with Gasteiger partial charge >= 0.3 is 0 Å². The molecule has 0 aliphatic heterocycles. The zero-order valence-electron chi connectivity index (χ0n) is 12.3. The molecule has 1 aromatic heterocycles. The van der Waals surface area contributed by atoms with Gasteiger partial charge in [0.05, 0.1) is 17.8 Å². The minimum absolute atomic E-state index is 0.749. The SMILES string of the molecule is COc1ccc(CCc2nc(-c3ccc(Cl)cc3)cs2)cc1. The molecule has 112 valence electrons. The van der Waals surface area contributed by atoms with E-state index >= 15 is 0 Å². The highest BCUT2D eigenvalue weighted by atomic mass is 35.5. The van der Waals surface area contributed by atoms with Gasteiger partial charge in [-0.25, -0.2) is 4.98 Å². The van der Waals surface area contributed by atoms with E-state index in [9.17, 15) is 0 Å². The fraction of sp³-hybridized carbons (Fsp3) is 0.167. The molecule has 0 spiro atoms. The molecule has 3 aromatic rings. The van der Waals surface area contributed by atoms with Crippen LogP contribution in [-0.2, 0) is 12.8 Å². The van der Waals surface area contributed by atoms with Gasteiger partial charge < -0.3 is 4.74 Å². The van der Waals surface area contributed by atoms with Gasteiger partial charge in [0, 0.05) is 22.4 Å². The van der Waals surface area contributed by atoms with Gasteiger partial charge in [-0.05, 0) is 36.2 Å². The van der Waals surface area contributed by atoms with E-state index in [1.165, 1.54) is 5.56 Å². The highest BCUT2D eigenvalue weighted by molar-refractivity contribution is 7.09. The first kappa shape index (κ1) is 15.1. The summed E-state index contributed by atoms with van der Waals surface area (Å²) in [5.74, 6) is 0.892. The van der Waals surface area contributed by atoms with Crippen LogP contribution in [0.25, 0.3) is 11.3 Å². The summed E-state index contributed by atoms with van der Waals surface area (Å²) < 4.78 is 5.17. The zero-order chi connectivity index (χ0) is 15.4. The van der Waals surface area contributed by atoms with Crippen LogP contribution in [0.3, 0.4) is 0 Å². The number of hydrogen-bond acceptors (Lipinski definition) is 3. The predicted molar refractivity (Wildman–Crippen MR) is 93.0 cm³/mol. The third-order valence-corrected chi connectivity index (χ3v) is 4.64. The highest BCUT2D eigenvalue weighted by Gasteiger charge is 2.05. The summed E-state index contributed by atoms with van der Waals surface area (Å²) in [6.07, 6.45) is 1.93. The first-order valence-electron chi connectivity index (χ1n) is 7.08. The van der Waals surface area contributed by atoms with Crippen molar-refractivity contribution >= 4 is 22.9 Å². The second-order valence-electron chi connectivity index (χ2n) is 4.98. The summed E-state index contributed by atoms with van der Waals surface area (Å²) in [5, 5.41) is 4.01. The van der Waals surface area contributed by atoms with Gasteiger partial charge in [-0.3, -0.25) is 0 Å². The summed E-state index contributed by atoms with van der Waals surface area (Å²) >= 11 is 7.62. The summed E-state index contributed by atoms with van der Waals surface area (Å²) in [6.45, 7) is 0.